The number of halogens is 1. The maximum atomic E-state index is 3.71. The minimum absolute atomic E-state index is 0.393. The van der Waals surface area contributed by atoms with E-state index in [9.17, 15) is 0 Å². The van der Waals surface area contributed by atoms with Gasteiger partial charge in [0, 0.05) is 20.3 Å². The monoisotopic (exact) mass is 351 g/mol. The van der Waals surface area contributed by atoms with E-state index in [2.05, 4.69) is 72.3 Å². The normalized spacial score (nSPS) is 12.6. The summed E-state index contributed by atoms with van der Waals surface area (Å²) in [6, 6.07) is 11.4. The largest absolute Gasteiger partial charge is 0.309 e. The van der Waals surface area contributed by atoms with E-state index in [1.54, 1.807) is 0 Å². The fourth-order valence-electron chi connectivity index (χ4n) is 2.39. The first-order valence-electron chi connectivity index (χ1n) is 7.15. The van der Waals surface area contributed by atoms with Crippen LogP contribution in [0.1, 0.15) is 40.3 Å². The summed E-state index contributed by atoms with van der Waals surface area (Å²) in [6.45, 7) is 7.59. The van der Waals surface area contributed by atoms with Crippen LogP contribution in [0.5, 0.6) is 0 Å². The molecule has 2 aromatic rings. The molecule has 0 aliphatic carbocycles. The number of nitrogens with one attached hydrogen (secondary N) is 1. The summed E-state index contributed by atoms with van der Waals surface area (Å²) in [6.07, 6.45) is 2.20. The molecule has 1 unspecified atom stereocenters. The molecule has 0 amide bonds. The molecule has 1 aromatic heterocycles. The van der Waals surface area contributed by atoms with E-state index in [0.29, 0.717) is 6.04 Å². The minimum atomic E-state index is 0.393. The smallest absolute Gasteiger partial charge is 0.0467 e. The molecule has 1 atom stereocenters. The number of rotatable bonds is 6. The Morgan fingerprint density at radius 2 is 2.05 bits per heavy atom. The lowest BCUT2D eigenvalue weighted by Crippen LogP contribution is -2.23. The molecule has 0 spiro atoms. The Labute approximate surface area is 134 Å². The van der Waals surface area contributed by atoms with Gasteiger partial charge in [0.05, 0.1) is 0 Å². The van der Waals surface area contributed by atoms with Crippen LogP contribution in [-0.2, 0) is 6.42 Å². The molecule has 108 valence electrons. The molecule has 2 rings (SSSR count). The molecular weight excluding hydrogens is 330 g/mol. The first-order valence-corrected chi connectivity index (χ1v) is 8.76. The van der Waals surface area contributed by atoms with Crippen molar-refractivity contribution in [1.82, 2.24) is 5.32 Å². The zero-order valence-electron chi connectivity index (χ0n) is 12.4. The lowest BCUT2D eigenvalue weighted by atomic mass is 10.0. The highest BCUT2D eigenvalue weighted by Gasteiger charge is 2.17. The van der Waals surface area contributed by atoms with Gasteiger partial charge in [-0.15, -0.1) is 11.3 Å². The fourth-order valence-corrected chi connectivity index (χ4v) is 4.39. The number of benzene rings is 1. The van der Waals surface area contributed by atoms with Crippen molar-refractivity contribution in [1.29, 1.82) is 0 Å². The molecule has 0 saturated carbocycles. The van der Waals surface area contributed by atoms with E-state index < -0.39 is 0 Å². The number of thiophene rings is 1. The van der Waals surface area contributed by atoms with E-state index in [0.717, 1.165) is 19.4 Å². The topological polar surface area (TPSA) is 12.0 Å². The van der Waals surface area contributed by atoms with Crippen LogP contribution >= 0.6 is 27.3 Å². The van der Waals surface area contributed by atoms with Crippen LogP contribution in [-0.4, -0.2) is 6.54 Å². The summed E-state index contributed by atoms with van der Waals surface area (Å²) in [5, 5.41) is 3.69. The summed E-state index contributed by atoms with van der Waals surface area (Å²) in [5.41, 5.74) is 2.73. The van der Waals surface area contributed by atoms with Crippen molar-refractivity contribution in [3.63, 3.8) is 0 Å². The van der Waals surface area contributed by atoms with Crippen LogP contribution in [0, 0.1) is 13.8 Å². The van der Waals surface area contributed by atoms with Gasteiger partial charge in [-0.25, -0.2) is 0 Å². The Balaban J connectivity index is 2.21. The van der Waals surface area contributed by atoms with Gasteiger partial charge in [-0.05, 0) is 60.8 Å². The van der Waals surface area contributed by atoms with Crippen LogP contribution in [0.2, 0.25) is 0 Å². The lowest BCUT2D eigenvalue weighted by molar-refractivity contribution is 0.535. The third kappa shape index (κ3) is 4.18. The van der Waals surface area contributed by atoms with Crippen LogP contribution in [0.4, 0.5) is 0 Å². The third-order valence-corrected chi connectivity index (χ3v) is 5.40. The molecule has 3 heteroatoms. The molecule has 0 radical (unpaired) electrons. The van der Waals surface area contributed by atoms with Gasteiger partial charge in [-0.3, -0.25) is 0 Å². The molecule has 0 fully saturated rings. The Kier molecular flexibility index (Phi) is 5.82. The third-order valence-electron chi connectivity index (χ3n) is 3.32. The van der Waals surface area contributed by atoms with Crippen molar-refractivity contribution < 1.29 is 0 Å². The van der Waals surface area contributed by atoms with Crippen LogP contribution < -0.4 is 5.32 Å². The van der Waals surface area contributed by atoms with Gasteiger partial charge >= 0.3 is 0 Å². The highest BCUT2D eigenvalue weighted by atomic mass is 79.9. The Morgan fingerprint density at radius 1 is 1.25 bits per heavy atom. The van der Waals surface area contributed by atoms with Crippen molar-refractivity contribution in [2.75, 3.05) is 6.54 Å². The van der Waals surface area contributed by atoms with Crippen molar-refractivity contribution >= 4 is 27.3 Å². The predicted octanol–water partition coefficient (Wildman–Crippen LogP) is 5.41. The minimum Gasteiger partial charge on any atom is -0.309 e. The second-order valence-electron chi connectivity index (χ2n) is 5.27. The Morgan fingerprint density at radius 3 is 2.65 bits per heavy atom. The molecule has 0 aliphatic rings. The van der Waals surface area contributed by atoms with Gasteiger partial charge in [-0.1, -0.05) is 36.8 Å². The van der Waals surface area contributed by atoms with Gasteiger partial charge in [-0.2, -0.15) is 0 Å². The van der Waals surface area contributed by atoms with Gasteiger partial charge in [0.1, 0.15) is 0 Å². The molecule has 0 saturated heterocycles. The van der Waals surface area contributed by atoms with E-state index >= 15 is 0 Å². The average Bonchev–Trinajstić information content (AvgIpc) is 2.73. The summed E-state index contributed by atoms with van der Waals surface area (Å²) < 4.78 is 1.24. The standard InChI is InChI=1S/C17H22BrNS/c1-4-8-19-16(17-15(18)10-13(3)20-17)11-14-7-5-6-12(2)9-14/h5-7,9-10,16,19H,4,8,11H2,1-3H3. The first-order chi connectivity index (χ1) is 9.60. The highest BCUT2D eigenvalue weighted by molar-refractivity contribution is 9.10. The summed E-state index contributed by atoms with van der Waals surface area (Å²) >= 11 is 5.59. The van der Waals surface area contributed by atoms with E-state index in [4.69, 9.17) is 0 Å². The van der Waals surface area contributed by atoms with Crippen molar-refractivity contribution in [3.8, 4) is 0 Å². The SMILES string of the molecule is CCCNC(Cc1cccc(C)c1)c1sc(C)cc1Br. The number of hydrogen-bond donors (Lipinski definition) is 1. The predicted molar refractivity (Wildman–Crippen MR) is 92.7 cm³/mol. The second kappa shape index (κ2) is 7.39. The van der Waals surface area contributed by atoms with Crippen LogP contribution in [0.15, 0.2) is 34.8 Å². The molecule has 1 nitrogen and oxygen atoms in total. The van der Waals surface area contributed by atoms with Gasteiger partial charge in [0.2, 0.25) is 0 Å². The maximum Gasteiger partial charge on any atom is 0.0467 e. The van der Waals surface area contributed by atoms with E-state index in [1.807, 2.05) is 11.3 Å². The van der Waals surface area contributed by atoms with Gasteiger partial charge in [0.25, 0.3) is 0 Å². The fraction of sp³-hybridized carbons (Fsp3) is 0.412. The molecule has 1 heterocycles. The summed E-state index contributed by atoms with van der Waals surface area (Å²) in [7, 11) is 0. The Hall–Kier alpha value is -0.640. The first kappa shape index (κ1) is 15.7. The summed E-state index contributed by atoms with van der Waals surface area (Å²) in [5.74, 6) is 0. The highest BCUT2D eigenvalue weighted by Crippen LogP contribution is 2.34. The van der Waals surface area contributed by atoms with Crippen molar-refractivity contribution in [2.45, 2.75) is 39.7 Å². The number of hydrogen-bond acceptors (Lipinski definition) is 2. The molecule has 1 N–H and O–H groups in total. The zero-order valence-corrected chi connectivity index (χ0v) is 14.8. The average molecular weight is 352 g/mol. The molecule has 1 aromatic carbocycles. The molecule has 0 bridgehead atoms. The van der Waals surface area contributed by atoms with Crippen molar-refractivity contribution in [3.05, 3.63) is 55.7 Å². The van der Waals surface area contributed by atoms with Crippen LogP contribution in [0.25, 0.3) is 0 Å². The number of aryl methyl sites for hydroxylation is 2. The molecule has 20 heavy (non-hydrogen) atoms. The Bertz CT molecular complexity index is 562. The molecular formula is C17H22BrNS. The van der Waals surface area contributed by atoms with E-state index in [1.165, 1.54) is 25.4 Å². The van der Waals surface area contributed by atoms with Crippen LogP contribution in [0.3, 0.4) is 0 Å². The summed E-state index contributed by atoms with van der Waals surface area (Å²) in [4.78, 5) is 2.77. The van der Waals surface area contributed by atoms with Gasteiger partial charge in [0.15, 0.2) is 0 Å². The van der Waals surface area contributed by atoms with E-state index in [-0.39, 0.29) is 0 Å². The second-order valence-corrected chi connectivity index (χ2v) is 7.41. The molecule has 0 aliphatic heterocycles. The zero-order chi connectivity index (χ0) is 14.5. The van der Waals surface area contributed by atoms with Gasteiger partial charge < -0.3 is 5.32 Å². The van der Waals surface area contributed by atoms with Crippen molar-refractivity contribution in [2.24, 2.45) is 0 Å². The quantitative estimate of drug-likeness (QED) is 0.733. The maximum absolute atomic E-state index is 3.71. The lowest BCUT2D eigenvalue weighted by Gasteiger charge is -2.18.